The van der Waals surface area contributed by atoms with Crippen LogP contribution in [0.2, 0.25) is 0 Å². The van der Waals surface area contributed by atoms with E-state index in [-0.39, 0.29) is 17.2 Å². The van der Waals surface area contributed by atoms with Gasteiger partial charge >= 0.3 is 185 Å². The van der Waals surface area contributed by atoms with Gasteiger partial charge in [0.25, 0.3) is 0 Å². The van der Waals surface area contributed by atoms with Gasteiger partial charge in [0.05, 0.1) is 0 Å². The van der Waals surface area contributed by atoms with Crippen molar-refractivity contribution in [3.63, 3.8) is 0 Å². The number of nitrogens with zero attached hydrogens (tertiary/aromatic N) is 1. The third kappa shape index (κ3) is 12.3. The van der Waals surface area contributed by atoms with Crippen LogP contribution in [0, 0.1) is 5.41 Å². The molecule has 1 saturated heterocycles. The molecule has 29 heavy (non-hydrogen) atoms. The SMILES string of the molecule is CC(C)(C)OP(=[Se])(OC(C)(C)C)SCCOC(=O)C(C)(C)CCN1CCOCC1. The number of rotatable bonds is 10. The Kier molecular flexibility index (Phi) is 10.9. The molecule has 9 heteroatoms. The molecule has 0 aromatic carbocycles. The first-order chi connectivity index (χ1) is 13.1. The fourth-order valence-electron chi connectivity index (χ4n) is 2.59. The first-order valence-electron chi connectivity index (χ1n) is 10.3. The van der Waals surface area contributed by atoms with E-state index in [1.54, 1.807) is 11.4 Å². The van der Waals surface area contributed by atoms with Crippen molar-refractivity contribution >= 4 is 37.6 Å². The van der Waals surface area contributed by atoms with Gasteiger partial charge in [-0.1, -0.05) is 0 Å². The number of hydrogen-bond donors (Lipinski definition) is 0. The van der Waals surface area contributed by atoms with E-state index in [0.29, 0.717) is 12.4 Å². The van der Waals surface area contributed by atoms with Crippen LogP contribution in [-0.4, -0.2) is 82.4 Å². The predicted octanol–water partition coefficient (Wildman–Crippen LogP) is 4.49. The molecule has 0 aliphatic carbocycles. The summed E-state index contributed by atoms with van der Waals surface area (Å²) in [6, 6.07) is 0. The van der Waals surface area contributed by atoms with Crippen LogP contribution in [0.5, 0.6) is 0 Å². The fraction of sp³-hybridized carbons (Fsp3) is 0.950. The number of hydrogen-bond acceptors (Lipinski definition) is 7. The molecule has 0 spiro atoms. The van der Waals surface area contributed by atoms with Crippen molar-refractivity contribution in [2.75, 3.05) is 45.2 Å². The average Bonchev–Trinajstić information content (AvgIpc) is 2.54. The second kappa shape index (κ2) is 11.5. The molecule has 0 radical (unpaired) electrons. The fourth-order valence-corrected chi connectivity index (χ4v) is 11.2. The topological polar surface area (TPSA) is 57.2 Å². The number of carbonyl (C=O) groups is 1. The summed E-state index contributed by atoms with van der Waals surface area (Å²) in [5.41, 5.74) is -1.15. The van der Waals surface area contributed by atoms with Gasteiger partial charge in [-0.05, 0) is 0 Å². The van der Waals surface area contributed by atoms with Gasteiger partial charge in [-0.3, -0.25) is 0 Å². The molecular weight excluding hydrogens is 476 g/mol. The second-order valence-corrected chi connectivity index (χ2v) is 18.6. The maximum absolute atomic E-state index is 12.6. The average molecular weight is 517 g/mol. The summed E-state index contributed by atoms with van der Waals surface area (Å²) < 4.78 is 23.4. The van der Waals surface area contributed by atoms with Gasteiger partial charge in [-0.25, -0.2) is 0 Å². The van der Waals surface area contributed by atoms with Crippen LogP contribution in [0.4, 0.5) is 0 Å². The normalized spacial score (nSPS) is 17.4. The van der Waals surface area contributed by atoms with Crippen LogP contribution < -0.4 is 0 Å². The van der Waals surface area contributed by atoms with E-state index < -0.39 is 10.6 Å². The van der Waals surface area contributed by atoms with E-state index in [0.717, 1.165) is 39.3 Å². The molecule has 1 fully saturated rings. The molecule has 6 nitrogen and oxygen atoms in total. The monoisotopic (exact) mass is 517 g/mol. The summed E-state index contributed by atoms with van der Waals surface area (Å²) in [6.07, 6.45) is 0.776. The van der Waals surface area contributed by atoms with Crippen molar-refractivity contribution < 1.29 is 23.3 Å². The van der Waals surface area contributed by atoms with Gasteiger partial charge in [0.15, 0.2) is 0 Å². The Bertz CT molecular complexity index is 548. The van der Waals surface area contributed by atoms with Gasteiger partial charge < -0.3 is 4.74 Å². The molecule has 1 aliphatic heterocycles. The molecule has 0 atom stereocenters. The van der Waals surface area contributed by atoms with E-state index in [1.807, 2.05) is 55.4 Å². The molecule has 172 valence electrons. The minimum absolute atomic E-state index is 0.149. The van der Waals surface area contributed by atoms with E-state index >= 15 is 0 Å². The van der Waals surface area contributed by atoms with Crippen molar-refractivity contribution in [3.8, 4) is 0 Å². The Labute approximate surface area is 189 Å². The number of morpholine rings is 1. The Morgan fingerprint density at radius 2 is 1.55 bits per heavy atom. The number of ether oxygens (including phenoxy) is 2. The zero-order valence-corrected chi connectivity index (χ0v) is 22.8. The Balaban J connectivity index is 2.47. The molecular formula is C20H40NO5PSSe. The van der Waals surface area contributed by atoms with E-state index in [9.17, 15) is 4.79 Å². The standard InChI is InChI=1S/C20H40NO5PSSe/c1-18(2,3)25-27(29,26-19(4,5)6)28-16-15-24-17(22)20(7,8)9-10-21-11-13-23-14-12-21/h9-16H2,1-8H3. The molecule has 0 bridgehead atoms. The molecule has 0 N–H and O–H groups in total. The summed E-state index contributed by atoms with van der Waals surface area (Å²) in [7, 11) is 0. The van der Waals surface area contributed by atoms with E-state index in [4.69, 9.17) is 18.5 Å². The van der Waals surface area contributed by atoms with Gasteiger partial charge in [-0.15, -0.1) is 0 Å². The van der Waals surface area contributed by atoms with Crippen molar-refractivity contribution in [1.29, 1.82) is 0 Å². The van der Waals surface area contributed by atoms with Crippen molar-refractivity contribution in [3.05, 3.63) is 0 Å². The Morgan fingerprint density at radius 1 is 1.03 bits per heavy atom. The number of esters is 1. The molecule has 1 rings (SSSR count). The number of carbonyl (C=O) groups excluding carboxylic acids is 1. The third-order valence-electron chi connectivity index (χ3n) is 4.05. The van der Waals surface area contributed by atoms with Crippen LogP contribution in [0.15, 0.2) is 0 Å². The molecule has 0 amide bonds. The first kappa shape index (κ1) is 27.6. The van der Waals surface area contributed by atoms with Crippen molar-refractivity contribution in [2.24, 2.45) is 5.41 Å². The van der Waals surface area contributed by atoms with Gasteiger partial charge in [0.2, 0.25) is 0 Å². The summed E-state index contributed by atoms with van der Waals surface area (Å²) in [4.78, 5) is 14.9. The summed E-state index contributed by atoms with van der Waals surface area (Å²) >= 11 is 4.73. The maximum atomic E-state index is 12.6. The van der Waals surface area contributed by atoms with Crippen LogP contribution >= 0.6 is 16.5 Å². The van der Waals surface area contributed by atoms with Crippen molar-refractivity contribution in [1.82, 2.24) is 4.90 Å². The molecule has 0 aromatic heterocycles. The van der Waals surface area contributed by atoms with E-state index in [2.05, 4.69) is 20.0 Å². The van der Waals surface area contributed by atoms with Gasteiger partial charge in [-0.2, -0.15) is 0 Å². The van der Waals surface area contributed by atoms with Gasteiger partial charge in [0.1, 0.15) is 0 Å². The Morgan fingerprint density at radius 3 is 2.03 bits per heavy atom. The van der Waals surface area contributed by atoms with Crippen LogP contribution in [-0.2, 0) is 23.3 Å². The van der Waals surface area contributed by atoms with Gasteiger partial charge in [0, 0.05) is 0 Å². The van der Waals surface area contributed by atoms with Crippen LogP contribution in [0.3, 0.4) is 0 Å². The molecule has 0 unspecified atom stereocenters. The first-order valence-corrected chi connectivity index (χ1v) is 15.7. The molecule has 1 aliphatic rings. The van der Waals surface area contributed by atoms with E-state index in [1.165, 1.54) is 0 Å². The summed E-state index contributed by atoms with van der Waals surface area (Å²) in [5.74, 6) is 0.474. The molecule has 1 heterocycles. The minimum atomic E-state index is -2.26. The quantitative estimate of drug-likeness (QED) is 0.184. The molecule has 0 saturated carbocycles. The summed E-state index contributed by atoms with van der Waals surface area (Å²) in [6.45, 7) is 20.7. The Hall–Kier alpha value is 0.609. The van der Waals surface area contributed by atoms with Crippen molar-refractivity contribution in [2.45, 2.75) is 73.0 Å². The van der Waals surface area contributed by atoms with Crippen LogP contribution in [0.1, 0.15) is 61.8 Å². The zero-order valence-electron chi connectivity index (χ0n) is 19.4. The molecule has 0 aromatic rings. The zero-order chi connectivity index (χ0) is 22.3. The second-order valence-electron chi connectivity index (χ2n) is 9.91. The third-order valence-corrected chi connectivity index (χ3v) is 11.1. The predicted molar refractivity (Wildman–Crippen MR) is 123 cm³/mol. The summed E-state index contributed by atoms with van der Waals surface area (Å²) in [5, 5.41) is -2.26. The van der Waals surface area contributed by atoms with Crippen LogP contribution in [0.25, 0.3) is 0 Å².